The Morgan fingerprint density at radius 1 is 1.40 bits per heavy atom. The van der Waals surface area contributed by atoms with Crippen LogP contribution in [0.3, 0.4) is 0 Å². The zero-order chi connectivity index (χ0) is 10.8. The van der Waals surface area contributed by atoms with Crippen LogP contribution in [0.5, 0.6) is 0 Å². The van der Waals surface area contributed by atoms with E-state index in [9.17, 15) is 13.4 Å². The van der Waals surface area contributed by atoms with Crippen molar-refractivity contribution in [2.45, 2.75) is 29.4 Å². The molecule has 2 unspecified atom stereocenters. The van der Waals surface area contributed by atoms with Crippen molar-refractivity contribution < 1.29 is 13.4 Å². The molecule has 15 heavy (non-hydrogen) atoms. The first-order chi connectivity index (χ1) is 7.18. The van der Waals surface area contributed by atoms with Gasteiger partial charge in [0.05, 0.1) is 16.0 Å². The number of rotatable bonds is 2. The third-order valence-electron chi connectivity index (χ3n) is 2.54. The Hall–Kier alpha value is -1.03. The number of carbonyl (C=O) groups excluding carboxylic acids is 1. The summed E-state index contributed by atoms with van der Waals surface area (Å²) in [6, 6.07) is 5.66. The fourth-order valence-corrected chi connectivity index (χ4v) is 3.27. The first kappa shape index (κ1) is 10.5. The van der Waals surface area contributed by atoms with Crippen LogP contribution in [-0.2, 0) is 15.6 Å². The summed E-state index contributed by atoms with van der Waals surface area (Å²) in [6.45, 7) is 0. The number of benzene rings is 1. The van der Waals surface area contributed by atoms with E-state index in [4.69, 9.17) is 0 Å². The maximum absolute atomic E-state index is 12.9. The fraction of sp³-hybridized carbons (Fsp3) is 0.364. The molecule has 1 fully saturated rings. The zero-order valence-corrected chi connectivity index (χ0v) is 8.93. The highest BCUT2D eigenvalue weighted by Gasteiger charge is 2.30. The van der Waals surface area contributed by atoms with Gasteiger partial charge in [-0.2, -0.15) is 0 Å². The van der Waals surface area contributed by atoms with Crippen LogP contribution in [0.25, 0.3) is 0 Å². The number of ketones is 1. The molecule has 0 spiro atoms. The van der Waals surface area contributed by atoms with Gasteiger partial charge in [-0.1, -0.05) is 6.07 Å². The van der Waals surface area contributed by atoms with Crippen molar-refractivity contribution in [1.82, 2.24) is 0 Å². The topological polar surface area (TPSA) is 34.1 Å². The Bertz CT molecular complexity index is 417. The largest absolute Gasteiger partial charge is 0.298 e. The molecule has 1 aromatic rings. The fourth-order valence-electron chi connectivity index (χ4n) is 1.77. The molecule has 0 aromatic heterocycles. The van der Waals surface area contributed by atoms with Crippen LogP contribution in [0, 0.1) is 5.82 Å². The van der Waals surface area contributed by atoms with E-state index < -0.39 is 21.9 Å². The van der Waals surface area contributed by atoms with Gasteiger partial charge in [-0.25, -0.2) is 4.39 Å². The first-order valence-corrected chi connectivity index (χ1v) is 6.08. The smallest absolute Gasteiger partial charge is 0.148 e. The quantitative estimate of drug-likeness (QED) is 0.773. The highest BCUT2D eigenvalue weighted by molar-refractivity contribution is 7.86. The van der Waals surface area contributed by atoms with E-state index in [1.165, 1.54) is 18.2 Å². The molecule has 0 bridgehead atoms. The number of halogens is 1. The Kier molecular flexibility index (Phi) is 2.95. The molecule has 0 amide bonds. The second-order valence-electron chi connectivity index (χ2n) is 3.60. The lowest BCUT2D eigenvalue weighted by Crippen LogP contribution is -2.19. The minimum absolute atomic E-state index is 0.0394. The maximum Gasteiger partial charge on any atom is 0.148 e. The van der Waals surface area contributed by atoms with Crippen LogP contribution in [0.2, 0.25) is 0 Å². The summed E-state index contributed by atoms with van der Waals surface area (Å²) in [7, 11) is -1.39. The monoisotopic (exact) mass is 226 g/mol. The highest BCUT2D eigenvalue weighted by Crippen LogP contribution is 2.24. The molecule has 2 rings (SSSR count). The van der Waals surface area contributed by atoms with Crippen molar-refractivity contribution in [3.8, 4) is 0 Å². The van der Waals surface area contributed by atoms with E-state index in [2.05, 4.69) is 0 Å². The lowest BCUT2D eigenvalue weighted by molar-refractivity contribution is -0.117. The molecule has 4 heteroatoms. The lowest BCUT2D eigenvalue weighted by Gasteiger charge is -2.07. The van der Waals surface area contributed by atoms with Crippen molar-refractivity contribution in [2.75, 3.05) is 0 Å². The average molecular weight is 226 g/mol. The molecule has 1 aliphatic carbocycles. The van der Waals surface area contributed by atoms with Gasteiger partial charge < -0.3 is 0 Å². The SMILES string of the molecule is O=C1CCCC1S(=O)c1cccc(F)c1. The Morgan fingerprint density at radius 2 is 2.20 bits per heavy atom. The van der Waals surface area contributed by atoms with Crippen LogP contribution in [0.1, 0.15) is 19.3 Å². The summed E-state index contributed by atoms with van der Waals surface area (Å²) in [5, 5.41) is -0.424. The molecule has 1 aliphatic rings. The second kappa shape index (κ2) is 4.23. The third-order valence-corrected chi connectivity index (χ3v) is 4.27. The van der Waals surface area contributed by atoms with Crippen molar-refractivity contribution in [2.24, 2.45) is 0 Å². The number of hydrogen-bond acceptors (Lipinski definition) is 2. The number of hydrogen-bond donors (Lipinski definition) is 0. The van der Waals surface area contributed by atoms with Crippen LogP contribution < -0.4 is 0 Å². The van der Waals surface area contributed by atoms with Gasteiger partial charge in [-0.3, -0.25) is 9.00 Å². The molecule has 1 saturated carbocycles. The number of Topliss-reactive ketones (excluding diaryl/α,β-unsaturated/α-hetero) is 1. The van der Waals surface area contributed by atoms with Gasteiger partial charge in [-0.05, 0) is 31.0 Å². The van der Waals surface area contributed by atoms with Gasteiger partial charge >= 0.3 is 0 Å². The predicted molar refractivity (Wildman–Crippen MR) is 55.5 cm³/mol. The van der Waals surface area contributed by atoms with E-state index in [-0.39, 0.29) is 5.78 Å². The summed E-state index contributed by atoms with van der Waals surface area (Å²) in [4.78, 5) is 11.8. The molecule has 1 aromatic carbocycles. The van der Waals surface area contributed by atoms with Gasteiger partial charge in [0.2, 0.25) is 0 Å². The normalized spacial score (nSPS) is 23.0. The molecule has 80 valence electrons. The summed E-state index contributed by atoms with van der Waals surface area (Å²) in [6.07, 6.45) is 1.96. The van der Waals surface area contributed by atoms with E-state index >= 15 is 0 Å². The molecule has 0 radical (unpaired) electrons. The van der Waals surface area contributed by atoms with E-state index in [1.54, 1.807) is 6.07 Å². The van der Waals surface area contributed by atoms with Crippen molar-refractivity contribution >= 4 is 16.6 Å². The first-order valence-electron chi connectivity index (χ1n) is 4.87. The van der Waals surface area contributed by atoms with Crippen molar-refractivity contribution in [1.29, 1.82) is 0 Å². The Balaban J connectivity index is 2.24. The van der Waals surface area contributed by atoms with Gasteiger partial charge in [-0.15, -0.1) is 0 Å². The van der Waals surface area contributed by atoms with Crippen LogP contribution in [-0.4, -0.2) is 15.2 Å². The maximum atomic E-state index is 12.9. The summed E-state index contributed by atoms with van der Waals surface area (Å²) in [5.74, 6) is -0.371. The molecular formula is C11H11FO2S. The standard InChI is InChI=1S/C11H11FO2S/c12-8-3-1-4-9(7-8)15(14)11-6-2-5-10(11)13/h1,3-4,7,11H,2,5-6H2. The van der Waals surface area contributed by atoms with Crippen LogP contribution in [0.4, 0.5) is 4.39 Å². The summed E-state index contributed by atoms with van der Waals surface area (Å²) in [5.41, 5.74) is 0. The highest BCUT2D eigenvalue weighted by atomic mass is 32.2. The van der Waals surface area contributed by atoms with Gasteiger partial charge in [0, 0.05) is 11.3 Å². The van der Waals surface area contributed by atoms with Crippen molar-refractivity contribution in [3.05, 3.63) is 30.1 Å². The third kappa shape index (κ3) is 2.15. The summed E-state index contributed by atoms with van der Waals surface area (Å²) < 4.78 is 24.8. The molecule has 0 saturated heterocycles. The van der Waals surface area contributed by atoms with Crippen molar-refractivity contribution in [3.63, 3.8) is 0 Å². The second-order valence-corrected chi connectivity index (χ2v) is 5.24. The lowest BCUT2D eigenvalue weighted by atomic mass is 10.3. The molecule has 2 nitrogen and oxygen atoms in total. The zero-order valence-electron chi connectivity index (χ0n) is 8.11. The van der Waals surface area contributed by atoms with Crippen LogP contribution in [0.15, 0.2) is 29.2 Å². The van der Waals surface area contributed by atoms with E-state index in [1.807, 2.05) is 0 Å². The van der Waals surface area contributed by atoms with E-state index in [0.29, 0.717) is 17.7 Å². The molecular weight excluding hydrogens is 215 g/mol. The minimum Gasteiger partial charge on any atom is -0.298 e. The molecule has 0 N–H and O–H groups in total. The molecule has 0 heterocycles. The summed E-state index contributed by atoms with van der Waals surface area (Å²) >= 11 is 0. The van der Waals surface area contributed by atoms with Gasteiger partial charge in [0.15, 0.2) is 0 Å². The molecule has 0 aliphatic heterocycles. The van der Waals surface area contributed by atoms with E-state index in [0.717, 1.165) is 6.42 Å². The Morgan fingerprint density at radius 3 is 2.80 bits per heavy atom. The minimum atomic E-state index is -1.39. The van der Waals surface area contributed by atoms with Gasteiger partial charge in [0.25, 0.3) is 0 Å². The average Bonchev–Trinajstić information content (AvgIpc) is 2.63. The van der Waals surface area contributed by atoms with Crippen LogP contribution >= 0.6 is 0 Å². The Labute approximate surface area is 90.0 Å². The predicted octanol–water partition coefficient (Wildman–Crippen LogP) is 2.05. The molecule has 2 atom stereocenters. The van der Waals surface area contributed by atoms with Gasteiger partial charge in [0.1, 0.15) is 11.6 Å². The number of carbonyl (C=O) groups is 1.